The van der Waals surface area contributed by atoms with E-state index in [2.05, 4.69) is 0 Å². The predicted molar refractivity (Wildman–Crippen MR) is 79.8 cm³/mol. The molecule has 1 heterocycles. The molecule has 0 bridgehead atoms. The summed E-state index contributed by atoms with van der Waals surface area (Å²) < 4.78 is 5.00. The molecule has 2 rings (SSSR count). The Morgan fingerprint density at radius 2 is 2.13 bits per heavy atom. The number of ether oxygens (including phenoxy) is 1. The largest absolute Gasteiger partial charge is 0.450 e. The monoisotopic (exact) mass is 311 g/mol. The zero-order valence-corrected chi connectivity index (χ0v) is 13.0. The van der Waals surface area contributed by atoms with E-state index >= 15 is 0 Å². The fourth-order valence-electron chi connectivity index (χ4n) is 3.22. The van der Waals surface area contributed by atoms with Gasteiger partial charge in [0.05, 0.1) is 30.0 Å². The van der Waals surface area contributed by atoms with Crippen LogP contribution in [0.4, 0.5) is 4.79 Å². The fourth-order valence-corrected chi connectivity index (χ4v) is 3.22. The normalized spacial score (nSPS) is 25.3. The number of nitrogens with two attached hydrogens (primary N) is 1. The Balaban J connectivity index is 2.52. The van der Waals surface area contributed by atoms with Gasteiger partial charge in [-0.1, -0.05) is 13.0 Å². The average Bonchev–Trinajstić information content (AvgIpc) is 2.56. The molecule has 0 fully saturated rings. The molecule has 0 aromatic rings. The van der Waals surface area contributed by atoms with Crippen molar-refractivity contribution < 1.29 is 9.53 Å². The van der Waals surface area contributed by atoms with Gasteiger partial charge in [-0.3, -0.25) is 0 Å². The van der Waals surface area contributed by atoms with Gasteiger partial charge >= 0.3 is 6.09 Å². The first-order valence-electron chi connectivity index (χ1n) is 7.31. The van der Waals surface area contributed by atoms with Crippen LogP contribution >= 0.6 is 0 Å². The van der Waals surface area contributed by atoms with Crippen LogP contribution < -0.4 is 5.73 Å². The van der Waals surface area contributed by atoms with Gasteiger partial charge in [-0.25, -0.2) is 4.79 Å². The van der Waals surface area contributed by atoms with Crippen LogP contribution in [0.25, 0.3) is 0 Å². The molecule has 1 amide bonds. The Morgan fingerprint density at radius 1 is 1.48 bits per heavy atom. The maximum Gasteiger partial charge on any atom is 0.410 e. The van der Waals surface area contributed by atoms with Crippen LogP contribution in [0.1, 0.15) is 13.8 Å². The summed E-state index contributed by atoms with van der Waals surface area (Å²) in [7, 11) is 0. The fraction of sp³-hybridized carbons (Fsp3) is 0.500. The van der Waals surface area contributed by atoms with Crippen molar-refractivity contribution in [3.8, 4) is 18.2 Å². The van der Waals surface area contributed by atoms with E-state index in [-0.39, 0.29) is 30.3 Å². The van der Waals surface area contributed by atoms with Gasteiger partial charge in [-0.2, -0.15) is 15.8 Å². The second-order valence-electron chi connectivity index (χ2n) is 5.59. The first-order chi connectivity index (χ1) is 11.0. The summed E-state index contributed by atoms with van der Waals surface area (Å²) in [6, 6.07) is 5.97. The SMILES string of the molecule is CCOC(=O)N1CC=C2C(C#N)=C(N)C(C#N)(C#N)[C@H](C)[C@H]2C1. The first-order valence-corrected chi connectivity index (χ1v) is 7.31. The Hall–Kier alpha value is -2.98. The Kier molecular flexibility index (Phi) is 4.29. The predicted octanol–water partition coefficient (Wildman–Crippen LogP) is 1.42. The number of amides is 1. The van der Waals surface area contributed by atoms with Crippen molar-refractivity contribution in [2.24, 2.45) is 23.0 Å². The summed E-state index contributed by atoms with van der Waals surface area (Å²) in [6.45, 7) is 4.33. The molecule has 0 aromatic carbocycles. The molecule has 23 heavy (non-hydrogen) atoms. The van der Waals surface area contributed by atoms with E-state index < -0.39 is 17.4 Å². The van der Waals surface area contributed by atoms with Crippen LogP contribution in [0.2, 0.25) is 0 Å². The number of carbonyl (C=O) groups is 1. The van der Waals surface area contributed by atoms with Crippen LogP contribution in [-0.4, -0.2) is 30.7 Å². The number of nitrogens with zero attached hydrogens (tertiary/aromatic N) is 4. The Bertz CT molecular complexity index is 702. The summed E-state index contributed by atoms with van der Waals surface area (Å²) >= 11 is 0. The molecule has 0 aromatic heterocycles. The minimum atomic E-state index is -1.56. The molecule has 1 aliphatic heterocycles. The zero-order valence-electron chi connectivity index (χ0n) is 13.0. The third-order valence-corrected chi connectivity index (χ3v) is 4.61. The molecular formula is C16H17N5O2. The molecule has 2 aliphatic rings. The topological polar surface area (TPSA) is 127 Å². The van der Waals surface area contributed by atoms with Gasteiger partial charge in [0, 0.05) is 24.9 Å². The lowest BCUT2D eigenvalue weighted by Crippen LogP contribution is -2.49. The summed E-state index contributed by atoms with van der Waals surface area (Å²) in [5.74, 6) is -0.757. The number of carbonyl (C=O) groups excluding carboxylic acids is 1. The van der Waals surface area contributed by atoms with E-state index in [1.165, 1.54) is 4.90 Å². The molecule has 7 nitrogen and oxygen atoms in total. The standard InChI is InChI=1S/C16H17N5O2/c1-3-23-15(22)21-5-4-11-12(6-17)14(20)16(8-18,9-19)10(2)13(11)7-21/h4,10,13H,3,5,7,20H2,1-2H3/t10-,13-/m1/s1. The van der Waals surface area contributed by atoms with Gasteiger partial charge in [0.2, 0.25) is 0 Å². The van der Waals surface area contributed by atoms with Crippen LogP contribution in [0.3, 0.4) is 0 Å². The molecule has 0 saturated heterocycles. The number of rotatable bonds is 1. The van der Waals surface area contributed by atoms with Crippen molar-refractivity contribution in [2.75, 3.05) is 19.7 Å². The number of hydrogen-bond acceptors (Lipinski definition) is 6. The zero-order chi connectivity index (χ0) is 17.2. The van der Waals surface area contributed by atoms with Gasteiger partial charge in [0.15, 0.2) is 5.41 Å². The molecule has 7 heteroatoms. The molecule has 1 aliphatic carbocycles. The van der Waals surface area contributed by atoms with E-state index in [1.54, 1.807) is 19.9 Å². The highest BCUT2D eigenvalue weighted by Gasteiger charge is 2.52. The molecule has 2 atom stereocenters. The second kappa shape index (κ2) is 6.02. The summed E-state index contributed by atoms with van der Waals surface area (Å²) in [6.07, 6.45) is 1.31. The van der Waals surface area contributed by atoms with Gasteiger partial charge in [-0.15, -0.1) is 0 Å². The number of hydrogen-bond donors (Lipinski definition) is 1. The van der Waals surface area contributed by atoms with Crippen LogP contribution in [0.5, 0.6) is 0 Å². The first kappa shape index (κ1) is 16.4. The Labute approximate surface area is 134 Å². The van der Waals surface area contributed by atoms with E-state index in [9.17, 15) is 20.6 Å². The second-order valence-corrected chi connectivity index (χ2v) is 5.59. The molecule has 0 spiro atoms. The van der Waals surface area contributed by atoms with Crippen LogP contribution in [-0.2, 0) is 4.74 Å². The average molecular weight is 311 g/mol. The Morgan fingerprint density at radius 3 is 2.65 bits per heavy atom. The number of nitriles is 3. The van der Waals surface area contributed by atoms with E-state index in [1.807, 2.05) is 18.2 Å². The van der Waals surface area contributed by atoms with E-state index in [4.69, 9.17) is 10.5 Å². The highest BCUT2D eigenvalue weighted by molar-refractivity contribution is 5.69. The maximum atomic E-state index is 11.9. The van der Waals surface area contributed by atoms with Crippen LogP contribution in [0.15, 0.2) is 22.9 Å². The lowest BCUT2D eigenvalue weighted by atomic mass is 9.61. The van der Waals surface area contributed by atoms with Gasteiger partial charge in [0.1, 0.15) is 6.07 Å². The maximum absolute atomic E-state index is 11.9. The number of allylic oxidation sites excluding steroid dienone is 2. The van der Waals surface area contributed by atoms with Crippen molar-refractivity contribution in [3.05, 3.63) is 22.9 Å². The van der Waals surface area contributed by atoms with Crippen molar-refractivity contribution in [1.29, 1.82) is 15.8 Å². The quantitative estimate of drug-likeness (QED) is 0.780. The third-order valence-electron chi connectivity index (χ3n) is 4.61. The molecule has 0 radical (unpaired) electrons. The minimum Gasteiger partial charge on any atom is -0.450 e. The smallest absolute Gasteiger partial charge is 0.410 e. The lowest BCUT2D eigenvalue weighted by Gasteiger charge is -2.43. The van der Waals surface area contributed by atoms with Crippen molar-refractivity contribution in [3.63, 3.8) is 0 Å². The highest BCUT2D eigenvalue weighted by atomic mass is 16.6. The van der Waals surface area contributed by atoms with E-state index in [0.29, 0.717) is 12.1 Å². The highest BCUT2D eigenvalue weighted by Crippen LogP contribution is 2.48. The molecule has 2 N–H and O–H groups in total. The van der Waals surface area contributed by atoms with Crippen LogP contribution in [0, 0.1) is 51.2 Å². The van der Waals surface area contributed by atoms with Crippen molar-refractivity contribution in [2.45, 2.75) is 13.8 Å². The summed E-state index contributed by atoms with van der Waals surface area (Å²) in [5, 5.41) is 28.5. The minimum absolute atomic E-state index is 0.00425. The lowest BCUT2D eigenvalue weighted by molar-refractivity contribution is 0.0959. The summed E-state index contributed by atoms with van der Waals surface area (Å²) in [5.41, 5.74) is 5.32. The van der Waals surface area contributed by atoms with Crippen molar-refractivity contribution in [1.82, 2.24) is 4.90 Å². The van der Waals surface area contributed by atoms with E-state index in [0.717, 1.165) is 0 Å². The van der Waals surface area contributed by atoms with Gasteiger partial charge in [-0.05, 0) is 12.5 Å². The molecular weight excluding hydrogens is 294 g/mol. The van der Waals surface area contributed by atoms with Gasteiger partial charge in [0.25, 0.3) is 0 Å². The summed E-state index contributed by atoms with van der Waals surface area (Å²) in [4.78, 5) is 13.4. The third kappa shape index (κ3) is 2.29. The molecule has 118 valence electrons. The number of fused-ring (bicyclic) bond motifs is 1. The van der Waals surface area contributed by atoms with Crippen molar-refractivity contribution >= 4 is 6.09 Å². The molecule has 0 saturated carbocycles. The van der Waals surface area contributed by atoms with Gasteiger partial charge < -0.3 is 15.4 Å². The molecule has 0 unspecified atom stereocenters.